The molecule has 0 unspecified atom stereocenters. The molecule has 168 valence electrons. The number of benzene rings is 1. The number of urea groups is 1. The molecule has 1 rings (SSSR count). The number of halogens is 4. The van der Waals surface area contributed by atoms with Gasteiger partial charge in [-0.15, -0.1) is 0 Å². The molecule has 1 aromatic rings. The van der Waals surface area contributed by atoms with E-state index in [1.807, 2.05) is 0 Å². The second kappa shape index (κ2) is 10.9. The van der Waals surface area contributed by atoms with E-state index in [0.717, 1.165) is 28.6 Å². The van der Waals surface area contributed by atoms with Gasteiger partial charge in [-0.05, 0) is 30.7 Å². The Kier molecular flexibility index (Phi) is 9.17. The number of esters is 1. The highest BCUT2D eigenvalue weighted by molar-refractivity contribution is 7.89. The second-order valence-corrected chi connectivity index (χ2v) is 7.94. The van der Waals surface area contributed by atoms with E-state index in [1.54, 1.807) is 5.32 Å². The summed E-state index contributed by atoms with van der Waals surface area (Å²) in [5, 5.41) is 2.94. The van der Waals surface area contributed by atoms with E-state index < -0.39 is 53.1 Å². The summed E-state index contributed by atoms with van der Waals surface area (Å²) in [6.45, 7) is -2.62. The summed E-state index contributed by atoms with van der Waals surface area (Å²) in [5.41, 5.74) is 0. The van der Waals surface area contributed by atoms with Crippen LogP contribution in [0.3, 0.4) is 0 Å². The zero-order valence-electron chi connectivity index (χ0n) is 15.7. The van der Waals surface area contributed by atoms with Crippen LogP contribution in [0.1, 0.15) is 12.8 Å². The van der Waals surface area contributed by atoms with Gasteiger partial charge in [0, 0.05) is 20.0 Å². The Hall–Kier alpha value is -2.74. The Labute approximate surface area is 169 Å². The van der Waals surface area contributed by atoms with Gasteiger partial charge < -0.3 is 10.1 Å². The van der Waals surface area contributed by atoms with Crippen molar-refractivity contribution in [1.29, 1.82) is 0 Å². The van der Waals surface area contributed by atoms with Gasteiger partial charge in [-0.2, -0.15) is 13.2 Å². The van der Waals surface area contributed by atoms with E-state index in [4.69, 9.17) is 0 Å². The normalized spacial score (nSPS) is 11.8. The van der Waals surface area contributed by atoms with Crippen LogP contribution in [0.2, 0.25) is 0 Å². The molecular weight excluding hydrogens is 438 g/mol. The Bertz CT molecular complexity index is 859. The Balaban J connectivity index is 2.33. The zero-order valence-corrected chi connectivity index (χ0v) is 16.5. The number of ether oxygens (including phenoxy) is 1. The third-order valence-electron chi connectivity index (χ3n) is 3.44. The highest BCUT2D eigenvalue weighted by Gasteiger charge is 2.28. The predicted octanol–water partition coefficient (Wildman–Crippen LogP) is 1.16. The van der Waals surface area contributed by atoms with Crippen molar-refractivity contribution in [1.82, 2.24) is 14.9 Å². The average molecular weight is 457 g/mol. The third kappa shape index (κ3) is 9.17. The molecule has 0 atom stereocenters. The van der Waals surface area contributed by atoms with Crippen molar-refractivity contribution in [2.24, 2.45) is 0 Å². The number of hydrogen-bond acceptors (Lipinski definition) is 6. The zero-order chi connectivity index (χ0) is 22.9. The summed E-state index contributed by atoms with van der Waals surface area (Å²) < 4.78 is 78.7. The molecule has 1 aromatic carbocycles. The first-order chi connectivity index (χ1) is 13.8. The maximum absolute atomic E-state index is 12.9. The molecule has 0 radical (unpaired) electrons. The minimum absolute atomic E-state index is 0.0312. The lowest BCUT2D eigenvalue weighted by Gasteiger charge is -2.17. The van der Waals surface area contributed by atoms with Crippen LogP contribution in [0, 0.1) is 5.82 Å². The van der Waals surface area contributed by atoms with Crippen LogP contribution < -0.4 is 10.6 Å². The van der Waals surface area contributed by atoms with E-state index in [0.29, 0.717) is 0 Å². The summed E-state index contributed by atoms with van der Waals surface area (Å²) in [4.78, 5) is 33.8. The summed E-state index contributed by atoms with van der Waals surface area (Å²) in [7, 11) is -2.62. The molecule has 9 nitrogen and oxygen atoms in total. The topological polar surface area (TPSA) is 122 Å². The summed E-state index contributed by atoms with van der Waals surface area (Å²) >= 11 is 0. The van der Waals surface area contributed by atoms with Crippen LogP contribution in [-0.2, 0) is 24.3 Å². The number of alkyl halides is 3. The summed E-state index contributed by atoms with van der Waals surface area (Å²) in [5.74, 6) is -2.62. The molecule has 0 saturated carbocycles. The fourth-order valence-electron chi connectivity index (χ4n) is 1.96. The Morgan fingerprint density at radius 2 is 1.73 bits per heavy atom. The van der Waals surface area contributed by atoms with E-state index in [1.165, 1.54) is 12.4 Å². The van der Waals surface area contributed by atoms with Crippen LogP contribution in [0.5, 0.6) is 0 Å². The smallest absolute Gasteiger partial charge is 0.405 e. The fraction of sp³-hybridized carbons (Fsp3) is 0.438. The lowest BCUT2D eigenvalue weighted by Crippen LogP contribution is -2.44. The molecule has 30 heavy (non-hydrogen) atoms. The Morgan fingerprint density at radius 1 is 1.13 bits per heavy atom. The second-order valence-electron chi connectivity index (χ2n) is 5.89. The van der Waals surface area contributed by atoms with Gasteiger partial charge >= 0.3 is 18.2 Å². The molecule has 3 amide bonds. The molecule has 0 bridgehead atoms. The van der Waals surface area contributed by atoms with Crippen LogP contribution >= 0.6 is 0 Å². The highest BCUT2D eigenvalue weighted by Crippen LogP contribution is 2.15. The van der Waals surface area contributed by atoms with E-state index in [2.05, 4.69) is 4.74 Å². The number of nitrogens with one attached hydrogen (secondary N) is 2. The number of rotatable bonds is 9. The van der Waals surface area contributed by atoms with Gasteiger partial charge in [-0.25, -0.2) is 21.9 Å². The van der Waals surface area contributed by atoms with Crippen molar-refractivity contribution < 1.29 is 45.1 Å². The molecule has 0 saturated heterocycles. The van der Waals surface area contributed by atoms with Gasteiger partial charge in [0.2, 0.25) is 10.0 Å². The maximum Gasteiger partial charge on any atom is 0.405 e. The molecular formula is C16H19F4N3O6S. The molecule has 14 heteroatoms. The van der Waals surface area contributed by atoms with Crippen molar-refractivity contribution in [3.8, 4) is 0 Å². The lowest BCUT2D eigenvalue weighted by molar-refractivity contribution is -0.148. The van der Waals surface area contributed by atoms with Crippen molar-refractivity contribution >= 4 is 27.9 Å². The molecule has 0 fully saturated rings. The van der Waals surface area contributed by atoms with Gasteiger partial charge in [0.25, 0.3) is 5.91 Å². The van der Waals surface area contributed by atoms with Gasteiger partial charge in [-0.3, -0.25) is 14.9 Å². The molecule has 0 heterocycles. The number of carbonyl (C=O) groups is 3. The van der Waals surface area contributed by atoms with Crippen molar-refractivity contribution in [2.45, 2.75) is 23.9 Å². The SMILES string of the molecule is CN(CCCC(=O)OCC(=O)NC(=O)NCC(F)(F)F)S(=O)(=O)c1ccc(F)cc1. The number of amides is 3. The number of sulfonamides is 1. The maximum atomic E-state index is 12.9. The number of nitrogens with zero attached hydrogens (tertiary/aromatic N) is 1. The molecule has 0 aliphatic carbocycles. The number of hydrogen-bond donors (Lipinski definition) is 2. The van der Waals surface area contributed by atoms with Crippen LogP contribution in [0.15, 0.2) is 29.2 Å². The lowest BCUT2D eigenvalue weighted by atomic mass is 10.3. The standard InChI is InChI=1S/C16H19F4N3O6S/c1-23(30(27,28)12-6-4-11(17)5-7-12)8-2-3-14(25)29-9-13(24)22-15(26)21-10-16(18,19)20/h4-7H,2-3,8-10H2,1H3,(H2,21,22,24,26). The predicted molar refractivity (Wildman–Crippen MR) is 94.0 cm³/mol. The molecule has 2 N–H and O–H groups in total. The monoisotopic (exact) mass is 457 g/mol. The summed E-state index contributed by atoms with van der Waals surface area (Å²) in [6.07, 6.45) is -4.88. The van der Waals surface area contributed by atoms with Gasteiger partial charge in [0.05, 0.1) is 4.90 Å². The van der Waals surface area contributed by atoms with Crippen LogP contribution in [0.25, 0.3) is 0 Å². The van der Waals surface area contributed by atoms with E-state index in [9.17, 15) is 40.4 Å². The molecule has 0 aliphatic heterocycles. The minimum Gasteiger partial charge on any atom is -0.456 e. The van der Waals surface area contributed by atoms with E-state index in [-0.39, 0.29) is 24.3 Å². The average Bonchev–Trinajstić information content (AvgIpc) is 2.64. The first-order valence-corrected chi connectivity index (χ1v) is 9.77. The quantitative estimate of drug-likeness (QED) is 0.424. The van der Waals surface area contributed by atoms with Crippen LogP contribution in [0.4, 0.5) is 22.4 Å². The van der Waals surface area contributed by atoms with E-state index >= 15 is 0 Å². The molecule has 0 spiro atoms. The van der Waals surface area contributed by atoms with Crippen molar-refractivity contribution in [3.05, 3.63) is 30.1 Å². The largest absolute Gasteiger partial charge is 0.456 e. The van der Waals surface area contributed by atoms with Gasteiger partial charge in [-0.1, -0.05) is 0 Å². The van der Waals surface area contributed by atoms with Gasteiger partial charge in [0.1, 0.15) is 12.4 Å². The van der Waals surface area contributed by atoms with Gasteiger partial charge in [0.15, 0.2) is 6.61 Å². The highest BCUT2D eigenvalue weighted by atomic mass is 32.2. The number of imide groups is 1. The first-order valence-electron chi connectivity index (χ1n) is 8.33. The first kappa shape index (κ1) is 25.3. The number of carbonyl (C=O) groups excluding carboxylic acids is 3. The Morgan fingerprint density at radius 3 is 2.30 bits per heavy atom. The fourth-order valence-corrected chi connectivity index (χ4v) is 3.17. The van der Waals surface area contributed by atoms with Crippen molar-refractivity contribution in [2.75, 3.05) is 26.7 Å². The minimum atomic E-state index is -4.65. The van der Waals surface area contributed by atoms with Crippen molar-refractivity contribution in [3.63, 3.8) is 0 Å². The van der Waals surface area contributed by atoms with Crippen LogP contribution in [-0.4, -0.2) is 63.6 Å². The third-order valence-corrected chi connectivity index (χ3v) is 5.31. The molecule has 0 aliphatic rings. The summed E-state index contributed by atoms with van der Waals surface area (Å²) in [6, 6.07) is 2.78. The molecule has 0 aromatic heterocycles.